The van der Waals surface area contributed by atoms with E-state index in [0.717, 1.165) is 42.3 Å². The van der Waals surface area contributed by atoms with Gasteiger partial charge in [0.25, 0.3) is 0 Å². The molecule has 0 fully saturated rings. The Labute approximate surface area is 152 Å². The number of para-hydroxylation sites is 1. The molecule has 0 saturated carbocycles. The van der Waals surface area contributed by atoms with Crippen LogP contribution in [0.4, 0.5) is 5.69 Å². The molecule has 2 aromatic rings. The highest BCUT2D eigenvalue weighted by Gasteiger charge is 2.16. The summed E-state index contributed by atoms with van der Waals surface area (Å²) in [5.41, 5.74) is 7.91. The molecule has 1 aliphatic rings. The normalized spacial score (nSPS) is 13.5. The number of benzene rings is 1. The van der Waals surface area contributed by atoms with Crippen molar-refractivity contribution in [1.29, 1.82) is 0 Å². The number of nitrogens with two attached hydrogens (primary N) is 1. The Morgan fingerprint density at radius 1 is 1.39 bits per heavy atom. The summed E-state index contributed by atoms with van der Waals surface area (Å²) in [7, 11) is 1.67. The van der Waals surface area contributed by atoms with E-state index in [9.17, 15) is 0 Å². The second-order valence-corrected chi connectivity index (χ2v) is 5.20. The van der Waals surface area contributed by atoms with Crippen LogP contribution < -0.4 is 11.1 Å². The second kappa shape index (κ2) is 8.25. The molecule has 8 heteroatoms. The number of fused-ring (bicyclic) bond motifs is 1. The van der Waals surface area contributed by atoms with Crippen molar-refractivity contribution in [3.63, 3.8) is 0 Å². The fourth-order valence-electron chi connectivity index (χ4n) is 2.58. The lowest BCUT2D eigenvalue weighted by atomic mass is 10.2. The van der Waals surface area contributed by atoms with Crippen LogP contribution in [-0.2, 0) is 30.9 Å². The molecule has 2 heterocycles. The van der Waals surface area contributed by atoms with Gasteiger partial charge in [0, 0.05) is 31.3 Å². The van der Waals surface area contributed by atoms with Crippen molar-refractivity contribution in [3.05, 3.63) is 41.5 Å². The Bertz CT molecular complexity index is 684. The largest absolute Gasteiger partial charge is 0.380 e. The number of hydrogen-bond donors (Lipinski definition) is 2. The first-order valence-electron chi connectivity index (χ1n) is 7.32. The van der Waals surface area contributed by atoms with E-state index < -0.39 is 0 Å². The van der Waals surface area contributed by atoms with Crippen LogP contribution in [0, 0.1) is 0 Å². The van der Waals surface area contributed by atoms with E-state index in [4.69, 9.17) is 10.5 Å². The fraction of sp³-hybridized carbons (Fsp3) is 0.400. The van der Waals surface area contributed by atoms with Gasteiger partial charge in [0.05, 0.1) is 6.61 Å². The van der Waals surface area contributed by atoms with Gasteiger partial charge in [0.2, 0.25) is 0 Å². The van der Waals surface area contributed by atoms with Crippen LogP contribution >= 0.6 is 24.0 Å². The molecule has 0 radical (unpaired) electrons. The van der Waals surface area contributed by atoms with E-state index in [0.29, 0.717) is 19.1 Å². The minimum Gasteiger partial charge on any atom is -0.380 e. The number of hydrogen-bond acceptors (Lipinski definition) is 4. The third-order valence-corrected chi connectivity index (χ3v) is 3.66. The van der Waals surface area contributed by atoms with Crippen molar-refractivity contribution in [3.8, 4) is 0 Å². The van der Waals surface area contributed by atoms with Gasteiger partial charge in [-0.15, -0.1) is 34.2 Å². The summed E-state index contributed by atoms with van der Waals surface area (Å²) in [6, 6.07) is 7.85. The molecule has 0 spiro atoms. The van der Waals surface area contributed by atoms with Gasteiger partial charge in [-0.2, -0.15) is 0 Å². The lowest BCUT2D eigenvalue weighted by Crippen LogP contribution is -2.23. The molecular formula is C15H21IN6O. The molecule has 3 N–H and O–H groups in total. The minimum absolute atomic E-state index is 0. The minimum atomic E-state index is 0. The van der Waals surface area contributed by atoms with Crippen molar-refractivity contribution in [2.45, 2.75) is 32.5 Å². The first-order chi connectivity index (χ1) is 10.8. The summed E-state index contributed by atoms with van der Waals surface area (Å²) in [5, 5.41) is 11.4. The number of nitrogens with one attached hydrogen (secondary N) is 1. The number of aliphatic imine (C=N–C) groups is 1. The maximum atomic E-state index is 5.97. The molecule has 0 aliphatic carbocycles. The van der Waals surface area contributed by atoms with Gasteiger partial charge in [-0.25, -0.2) is 4.99 Å². The quantitative estimate of drug-likeness (QED) is 0.432. The van der Waals surface area contributed by atoms with E-state index >= 15 is 0 Å². The molecular weight excluding hydrogens is 407 g/mol. The molecule has 1 aliphatic heterocycles. The average molecular weight is 428 g/mol. The van der Waals surface area contributed by atoms with Crippen molar-refractivity contribution < 1.29 is 4.74 Å². The molecule has 0 bridgehead atoms. The van der Waals surface area contributed by atoms with Gasteiger partial charge in [0.1, 0.15) is 12.4 Å². The van der Waals surface area contributed by atoms with Crippen LogP contribution in [0.2, 0.25) is 0 Å². The van der Waals surface area contributed by atoms with Gasteiger partial charge in [-0.3, -0.25) is 0 Å². The monoisotopic (exact) mass is 428 g/mol. The smallest absolute Gasteiger partial charge is 0.193 e. The Balaban J connectivity index is 0.00000192. The number of ether oxygens (including phenoxy) is 1. The Kier molecular flexibility index (Phi) is 6.34. The number of methoxy groups -OCH3 is 1. The van der Waals surface area contributed by atoms with Crippen LogP contribution in [0.25, 0.3) is 0 Å². The van der Waals surface area contributed by atoms with E-state index in [1.807, 2.05) is 24.3 Å². The summed E-state index contributed by atoms with van der Waals surface area (Å²) in [6.07, 6.45) is 2.12. The molecule has 1 aromatic carbocycles. The van der Waals surface area contributed by atoms with Crippen LogP contribution in [0.3, 0.4) is 0 Å². The number of halogens is 1. The van der Waals surface area contributed by atoms with Gasteiger partial charge < -0.3 is 20.4 Å². The highest BCUT2D eigenvalue weighted by atomic mass is 127. The second-order valence-electron chi connectivity index (χ2n) is 5.20. The van der Waals surface area contributed by atoms with Gasteiger partial charge in [0.15, 0.2) is 11.8 Å². The molecule has 124 valence electrons. The van der Waals surface area contributed by atoms with Crippen molar-refractivity contribution in [2.24, 2.45) is 10.7 Å². The molecule has 0 unspecified atom stereocenters. The van der Waals surface area contributed by atoms with Crippen LogP contribution in [-0.4, -0.2) is 27.8 Å². The predicted octanol–water partition coefficient (Wildman–Crippen LogP) is 1.92. The summed E-state index contributed by atoms with van der Waals surface area (Å²) in [5.74, 6) is 2.27. The molecule has 1 aromatic heterocycles. The van der Waals surface area contributed by atoms with E-state index in [1.54, 1.807) is 7.11 Å². The zero-order chi connectivity index (χ0) is 15.4. The Morgan fingerprint density at radius 3 is 3.04 bits per heavy atom. The summed E-state index contributed by atoms with van der Waals surface area (Å²) in [6.45, 7) is 1.92. The first-order valence-corrected chi connectivity index (χ1v) is 7.32. The maximum Gasteiger partial charge on any atom is 0.193 e. The lowest BCUT2D eigenvalue weighted by molar-refractivity contribution is 0.185. The topological polar surface area (TPSA) is 90.3 Å². The molecule has 0 amide bonds. The highest BCUT2D eigenvalue weighted by Crippen LogP contribution is 2.16. The molecule has 3 rings (SSSR count). The van der Waals surface area contributed by atoms with Gasteiger partial charge >= 0.3 is 0 Å². The third-order valence-electron chi connectivity index (χ3n) is 3.66. The zero-order valence-electron chi connectivity index (χ0n) is 13.0. The standard InChI is InChI=1S/C15H20N6O.HI/c1-22-10-11-5-2-3-6-12(11)18-15(16)17-9-14-20-19-13-7-4-8-21(13)14;/h2-3,5-6H,4,7-10H2,1H3,(H3,16,17,18);1H. The Hall–Kier alpha value is -1.68. The average Bonchev–Trinajstić information content (AvgIpc) is 3.11. The van der Waals surface area contributed by atoms with Gasteiger partial charge in [-0.05, 0) is 12.5 Å². The van der Waals surface area contributed by atoms with E-state index in [2.05, 4.69) is 25.1 Å². The molecule has 7 nitrogen and oxygen atoms in total. The van der Waals surface area contributed by atoms with Crippen molar-refractivity contribution >= 4 is 35.6 Å². The fourth-order valence-corrected chi connectivity index (χ4v) is 2.58. The summed E-state index contributed by atoms with van der Waals surface area (Å²) >= 11 is 0. The molecule has 0 saturated heterocycles. The van der Waals surface area contributed by atoms with Crippen LogP contribution in [0.5, 0.6) is 0 Å². The zero-order valence-corrected chi connectivity index (χ0v) is 15.4. The van der Waals surface area contributed by atoms with Gasteiger partial charge in [-0.1, -0.05) is 18.2 Å². The number of rotatable bonds is 5. The number of anilines is 1. The van der Waals surface area contributed by atoms with Crippen molar-refractivity contribution in [1.82, 2.24) is 14.8 Å². The third kappa shape index (κ3) is 4.20. The number of aromatic nitrogens is 3. The SMILES string of the molecule is COCc1ccccc1NC(N)=NCc1nnc2n1CCC2.I. The number of guanidine groups is 1. The summed E-state index contributed by atoms with van der Waals surface area (Å²) in [4.78, 5) is 4.36. The highest BCUT2D eigenvalue weighted by molar-refractivity contribution is 14.0. The van der Waals surface area contributed by atoms with E-state index in [-0.39, 0.29) is 24.0 Å². The van der Waals surface area contributed by atoms with Crippen LogP contribution in [0.1, 0.15) is 23.6 Å². The van der Waals surface area contributed by atoms with E-state index in [1.165, 1.54) is 0 Å². The number of aryl methyl sites for hydroxylation is 1. The lowest BCUT2D eigenvalue weighted by Gasteiger charge is -2.10. The predicted molar refractivity (Wildman–Crippen MR) is 99.9 cm³/mol. The maximum absolute atomic E-state index is 5.97. The molecule has 23 heavy (non-hydrogen) atoms. The first kappa shape index (κ1) is 17.7. The Morgan fingerprint density at radius 2 is 2.22 bits per heavy atom. The summed E-state index contributed by atoms with van der Waals surface area (Å²) < 4.78 is 7.30. The van der Waals surface area contributed by atoms with Crippen molar-refractivity contribution in [2.75, 3.05) is 12.4 Å². The van der Waals surface area contributed by atoms with Crippen LogP contribution in [0.15, 0.2) is 29.3 Å². The number of nitrogens with zero attached hydrogens (tertiary/aromatic N) is 4. The molecule has 0 atom stereocenters.